The van der Waals surface area contributed by atoms with Crippen LogP contribution in [0, 0.1) is 5.92 Å². The number of ether oxygens (including phenoxy) is 2. The minimum atomic E-state index is -4.26. The van der Waals surface area contributed by atoms with Gasteiger partial charge in [-0.2, -0.15) is 4.98 Å². The Bertz CT molecular complexity index is 1640. The molecule has 5 heterocycles. The number of aliphatic hydroxyl groups excluding tert-OH is 1. The Hall–Kier alpha value is -2.12. The first-order chi connectivity index (χ1) is 20.4. The number of hydrogen-bond donors (Lipinski definition) is 5. The van der Waals surface area contributed by atoms with Crippen LogP contribution in [0.3, 0.4) is 0 Å². The highest BCUT2D eigenvalue weighted by atomic mass is 32.7. The van der Waals surface area contributed by atoms with Crippen molar-refractivity contribution in [3.63, 3.8) is 0 Å². The summed E-state index contributed by atoms with van der Waals surface area (Å²) in [5.41, 5.74) is 4.94. The third-order valence-corrected chi connectivity index (χ3v) is 10.5. The third kappa shape index (κ3) is 6.49. The van der Waals surface area contributed by atoms with Crippen molar-refractivity contribution in [3.05, 3.63) is 35.3 Å². The summed E-state index contributed by atoms with van der Waals surface area (Å²) in [5.74, 6) is -0.723. The van der Waals surface area contributed by atoms with Crippen LogP contribution in [0.1, 0.15) is 19.1 Å². The number of imidazole rings is 1. The molecule has 17 nitrogen and oxygen atoms in total. The zero-order chi connectivity index (χ0) is 30.5. The summed E-state index contributed by atoms with van der Waals surface area (Å²) in [4.78, 5) is 30.4. The van der Waals surface area contributed by atoms with Crippen LogP contribution in [0.5, 0.6) is 5.88 Å². The van der Waals surface area contributed by atoms with Crippen molar-refractivity contribution in [2.75, 3.05) is 18.9 Å². The number of nitrogens with two attached hydrogens (primary N) is 1. The van der Waals surface area contributed by atoms with Gasteiger partial charge in [0.05, 0.1) is 19.5 Å². The number of rotatable bonds is 3. The van der Waals surface area contributed by atoms with Crippen molar-refractivity contribution in [1.82, 2.24) is 29.5 Å². The fraction of sp³-hybridized carbons (Fsp3) is 0.571. The lowest BCUT2D eigenvalue weighted by Crippen LogP contribution is -2.36. The minimum Gasteiger partial charge on any atom is -0.471 e. The van der Waals surface area contributed by atoms with Crippen LogP contribution < -0.4 is 16.0 Å². The SMILES string of the molecule is Nc1nc2c(ncn2[C@@H]2O[C@@H]3COP(=O)(S)O[C@@H]4[C@@H](CCOP(=O)(S)O[C@@H]2[C@@H]3O)C[C@@H](Oc2ccncn2)[C@@H]4F)c(=O)[nH]1. The summed E-state index contributed by atoms with van der Waals surface area (Å²) in [6.45, 7) is -9.29. The van der Waals surface area contributed by atoms with E-state index in [1.54, 1.807) is 0 Å². The number of aromatic amines is 1. The first kappa shape index (κ1) is 30.9. The molecule has 3 aromatic heterocycles. The Morgan fingerprint density at radius 3 is 2.72 bits per heavy atom. The van der Waals surface area contributed by atoms with Gasteiger partial charge in [0.1, 0.15) is 36.8 Å². The highest BCUT2D eigenvalue weighted by Crippen LogP contribution is 2.60. The van der Waals surface area contributed by atoms with Crippen LogP contribution in [0.15, 0.2) is 29.7 Å². The van der Waals surface area contributed by atoms with Crippen molar-refractivity contribution in [3.8, 4) is 5.88 Å². The molecule has 10 atom stereocenters. The summed E-state index contributed by atoms with van der Waals surface area (Å²) in [6.07, 6.45) is -5.68. The maximum absolute atomic E-state index is 15.6. The zero-order valence-electron chi connectivity index (χ0n) is 21.9. The monoisotopic (exact) mass is 681 g/mol. The van der Waals surface area contributed by atoms with Crippen molar-refractivity contribution in [2.24, 2.45) is 5.92 Å². The van der Waals surface area contributed by atoms with Gasteiger partial charge in [0.25, 0.3) is 5.56 Å². The lowest BCUT2D eigenvalue weighted by molar-refractivity contribution is -0.0476. The van der Waals surface area contributed by atoms with Crippen LogP contribution in [0.25, 0.3) is 11.2 Å². The number of thiol groups is 2. The van der Waals surface area contributed by atoms with Gasteiger partial charge in [-0.1, -0.05) is 24.5 Å². The second-order valence-electron chi connectivity index (χ2n) is 9.97. The molecule has 43 heavy (non-hydrogen) atoms. The number of aliphatic hydroxyl groups is 1. The highest BCUT2D eigenvalue weighted by Gasteiger charge is 2.52. The van der Waals surface area contributed by atoms with Crippen molar-refractivity contribution in [2.45, 2.75) is 55.8 Å². The molecule has 2 bridgehead atoms. The molecule has 0 spiro atoms. The molecule has 22 heteroatoms. The number of nitrogen functional groups attached to an aromatic ring is 1. The number of nitrogens with one attached hydrogen (secondary N) is 1. The van der Waals surface area contributed by atoms with Crippen LogP contribution in [-0.2, 0) is 32.0 Å². The van der Waals surface area contributed by atoms with Gasteiger partial charge in [0, 0.05) is 12.3 Å². The molecule has 1 aliphatic carbocycles. The Labute approximate surface area is 252 Å². The Kier molecular flexibility index (Phi) is 8.62. The van der Waals surface area contributed by atoms with Crippen LogP contribution in [0.2, 0.25) is 0 Å². The third-order valence-electron chi connectivity index (χ3n) is 7.19. The van der Waals surface area contributed by atoms with Gasteiger partial charge in [0.15, 0.2) is 23.6 Å². The molecule has 234 valence electrons. The lowest BCUT2D eigenvalue weighted by Gasteiger charge is -2.27. The van der Waals surface area contributed by atoms with Gasteiger partial charge in [-0.3, -0.25) is 27.9 Å². The summed E-state index contributed by atoms with van der Waals surface area (Å²) in [6, 6.07) is 1.46. The van der Waals surface area contributed by atoms with Crippen LogP contribution in [0.4, 0.5) is 10.3 Å². The molecule has 1 saturated carbocycles. The molecule has 0 aromatic carbocycles. The van der Waals surface area contributed by atoms with E-state index >= 15 is 4.39 Å². The van der Waals surface area contributed by atoms with E-state index in [4.69, 9.17) is 33.3 Å². The molecule has 3 fully saturated rings. The van der Waals surface area contributed by atoms with Crippen molar-refractivity contribution in [1.29, 1.82) is 0 Å². The van der Waals surface area contributed by atoms with E-state index in [2.05, 4.69) is 49.4 Å². The smallest absolute Gasteiger partial charge is 0.386 e. The second kappa shape index (κ2) is 12.0. The van der Waals surface area contributed by atoms with Gasteiger partial charge >= 0.3 is 13.6 Å². The maximum Gasteiger partial charge on any atom is 0.386 e. The van der Waals surface area contributed by atoms with Gasteiger partial charge < -0.3 is 24.8 Å². The van der Waals surface area contributed by atoms with Crippen molar-refractivity contribution >= 4 is 55.2 Å². The molecule has 6 rings (SSSR count). The molecular weight excluding hydrogens is 655 g/mol. The van der Waals surface area contributed by atoms with E-state index in [1.165, 1.54) is 29.5 Å². The highest BCUT2D eigenvalue weighted by molar-refractivity contribution is 8.44. The normalized spacial score (nSPS) is 38.9. The van der Waals surface area contributed by atoms with Gasteiger partial charge in [-0.25, -0.2) is 28.5 Å². The molecular formula is C21H26FN7O10P2S2. The summed E-state index contributed by atoms with van der Waals surface area (Å²) < 4.78 is 77.2. The first-order valence-corrected chi connectivity index (χ1v) is 18.2. The second-order valence-corrected chi connectivity index (χ2v) is 15.7. The number of nitrogens with zero attached hydrogens (tertiary/aromatic N) is 5. The molecule has 0 amide bonds. The lowest BCUT2D eigenvalue weighted by atomic mass is 10.0. The van der Waals surface area contributed by atoms with E-state index < -0.39 is 74.6 Å². The standard InChI is InChI=1S/C21H26FN7O10P2S2/c22-13-10(36-12-1-3-24-7-25-12)5-9-2-4-34-40(32,42)39-17-15(30)11(6-35-41(33,43)38-16(9)13)37-20(17)29-8-26-14-18(29)27-21(23)28-19(14)31/h1,3,7-11,13,15-17,20,30H,2,4-6H2,(H,32,42)(H,33,43)(H3,23,27,28,31)/t9-,10+,11+,13-,15+,16+,17+,20+,40?,41?/m0/s1. The molecule has 4 N–H and O–H groups in total. The number of halogens is 1. The van der Waals surface area contributed by atoms with E-state index in [9.17, 15) is 19.0 Å². The van der Waals surface area contributed by atoms with Gasteiger partial charge in [-0.05, 0) is 18.8 Å². The van der Waals surface area contributed by atoms with Crippen LogP contribution in [-0.4, -0.2) is 84.5 Å². The van der Waals surface area contributed by atoms with E-state index in [0.717, 1.165) is 0 Å². The number of H-pyrrole nitrogens is 1. The van der Waals surface area contributed by atoms with E-state index in [1.807, 2.05) is 0 Å². The molecule has 2 unspecified atom stereocenters. The quantitative estimate of drug-likeness (QED) is 0.196. The van der Waals surface area contributed by atoms with Crippen molar-refractivity contribution < 1.29 is 46.2 Å². The molecule has 0 radical (unpaired) electrons. The maximum atomic E-state index is 15.6. The number of alkyl halides is 1. The number of fused-ring (bicyclic) bond motifs is 4. The minimum absolute atomic E-state index is 0.0230. The van der Waals surface area contributed by atoms with Gasteiger partial charge in [0.2, 0.25) is 11.8 Å². The Morgan fingerprint density at radius 1 is 1.19 bits per heavy atom. The summed E-state index contributed by atoms with van der Waals surface area (Å²) in [5, 5.41) is 11.1. The largest absolute Gasteiger partial charge is 0.471 e. The number of anilines is 1. The molecule has 2 aliphatic heterocycles. The zero-order valence-corrected chi connectivity index (χ0v) is 25.4. The fourth-order valence-electron chi connectivity index (χ4n) is 5.26. The fourth-order valence-corrected chi connectivity index (χ4v) is 8.28. The summed E-state index contributed by atoms with van der Waals surface area (Å²) in [7, 11) is 0. The predicted molar refractivity (Wildman–Crippen MR) is 151 cm³/mol. The van der Waals surface area contributed by atoms with E-state index in [0.29, 0.717) is 0 Å². The molecule has 3 aromatic rings. The van der Waals surface area contributed by atoms with Crippen LogP contribution >= 0.6 is 38.1 Å². The number of hydrogen-bond acceptors (Lipinski definition) is 15. The summed E-state index contributed by atoms with van der Waals surface area (Å²) >= 11 is 8.10. The number of aromatic nitrogens is 6. The predicted octanol–water partition coefficient (Wildman–Crippen LogP) is 1.84. The van der Waals surface area contributed by atoms with Gasteiger partial charge in [-0.15, -0.1) is 0 Å². The average Bonchev–Trinajstić information content (AvgIpc) is 3.58. The molecule has 3 aliphatic rings. The average molecular weight is 682 g/mol. The Balaban J connectivity index is 1.27. The van der Waals surface area contributed by atoms with E-state index in [-0.39, 0.29) is 42.4 Å². The first-order valence-electron chi connectivity index (χ1n) is 12.8. The Morgan fingerprint density at radius 2 is 1.95 bits per heavy atom. The molecule has 2 saturated heterocycles. The topological polar surface area (TPSA) is 225 Å².